The molecule has 2 rings (SSSR count). The highest BCUT2D eigenvalue weighted by Crippen LogP contribution is 2.25. The lowest BCUT2D eigenvalue weighted by atomic mass is 10.1. The van der Waals surface area contributed by atoms with Gasteiger partial charge in [0.15, 0.2) is 0 Å². The maximum absolute atomic E-state index is 7.55. The lowest BCUT2D eigenvalue weighted by Gasteiger charge is -2.27. The first-order valence-corrected chi connectivity index (χ1v) is 7.50. The fourth-order valence-corrected chi connectivity index (χ4v) is 3.16. The monoisotopic (exact) mass is 274 g/mol. The van der Waals surface area contributed by atoms with Crippen molar-refractivity contribution < 1.29 is 0 Å². The molecule has 0 saturated carbocycles. The van der Waals surface area contributed by atoms with E-state index in [1.165, 1.54) is 12.1 Å². The van der Waals surface area contributed by atoms with Crippen molar-refractivity contribution in [3.05, 3.63) is 29.3 Å². The number of rotatable bonds is 5. The molecule has 1 atom stereocenters. The molecule has 4 nitrogen and oxygen atoms in total. The largest absolute Gasteiger partial charge is 0.384 e. The van der Waals surface area contributed by atoms with Gasteiger partial charge in [-0.15, -0.1) is 0 Å². The van der Waals surface area contributed by atoms with Crippen LogP contribution < -0.4 is 10.6 Å². The van der Waals surface area contributed by atoms with Crippen molar-refractivity contribution in [1.29, 1.82) is 5.41 Å². The number of benzene rings is 1. The first-order chi connectivity index (χ1) is 9.56. The summed E-state index contributed by atoms with van der Waals surface area (Å²) in [5.41, 5.74) is 8.76. The molecule has 1 aromatic rings. The Labute approximate surface area is 122 Å². The third-order valence-corrected chi connectivity index (χ3v) is 4.36. The maximum Gasteiger partial charge on any atom is 0.123 e. The van der Waals surface area contributed by atoms with Gasteiger partial charge in [0, 0.05) is 30.4 Å². The summed E-state index contributed by atoms with van der Waals surface area (Å²) in [6, 6.07) is 6.88. The van der Waals surface area contributed by atoms with Crippen LogP contribution in [0.1, 0.15) is 31.4 Å². The molecular formula is C16H26N4. The molecule has 4 heteroatoms. The molecule has 20 heavy (non-hydrogen) atoms. The third kappa shape index (κ3) is 2.96. The summed E-state index contributed by atoms with van der Waals surface area (Å²) in [7, 11) is 0. The molecule has 1 fully saturated rings. The first kappa shape index (κ1) is 14.9. The molecule has 110 valence electrons. The average molecular weight is 274 g/mol. The summed E-state index contributed by atoms with van der Waals surface area (Å²) in [5, 5.41) is 7.55. The Morgan fingerprint density at radius 1 is 1.40 bits per heavy atom. The van der Waals surface area contributed by atoms with Gasteiger partial charge in [0.1, 0.15) is 5.84 Å². The quantitative estimate of drug-likeness (QED) is 0.639. The van der Waals surface area contributed by atoms with Crippen LogP contribution >= 0.6 is 0 Å². The van der Waals surface area contributed by atoms with E-state index in [-0.39, 0.29) is 5.84 Å². The zero-order valence-corrected chi connectivity index (χ0v) is 12.8. The molecule has 0 aromatic heterocycles. The van der Waals surface area contributed by atoms with Crippen molar-refractivity contribution in [2.24, 2.45) is 5.73 Å². The summed E-state index contributed by atoms with van der Waals surface area (Å²) >= 11 is 0. The van der Waals surface area contributed by atoms with Crippen LogP contribution in [0.15, 0.2) is 18.2 Å². The van der Waals surface area contributed by atoms with Gasteiger partial charge in [-0.05, 0) is 50.2 Å². The van der Waals surface area contributed by atoms with Gasteiger partial charge in [0.25, 0.3) is 0 Å². The van der Waals surface area contributed by atoms with Crippen LogP contribution in [0.2, 0.25) is 0 Å². The van der Waals surface area contributed by atoms with Crippen molar-refractivity contribution in [3.63, 3.8) is 0 Å². The van der Waals surface area contributed by atoms with Gasteiger partial charge in [0.05, 0.1) is 0 Å². The van der Waals surface area contributed by atoms with Gasteiger partial charge in [-0.3, -0.25) is 10.3 Å². The maximum atomic E-state index is 7.55. The van der Waals surface area contributed by atoms with Crippen LogP contribution in [-0.2, 0) is 0 Å². The normalized spacial score (nSPS) is 18.8. The molecule has 1 aromatic carbocycles. The second-order valence-electron chi connectivity index (χ2n) is 5.52. The van der Waals surface area contributed by atoms with Gasteiger partial charge in [-0.25, -0.2) is 0 Å². The Bertz CT molecular complexity index is 479. The predicted molar refractivity (Wildman–Crippen MR) is 85.7 cm³/mol. The van der Waals surface area contributed by atoms with Crippen molar-refractivity contribution >= 4 is 11.5 Å². The smallest absolute Gasteiger partial charge is 0.123 e. The number of amidine groups is 1. The molecule has 1 heterocycles. The van der Waals surface area contributed by atoms with Crippen LogP contribution in [0, 0.1) is 12.3 Å². The van der Waals surface area contributed by atoms with Gasteiger partial charge in [-0.2, -0.15) is 0 Å². The zero-order valence-electron chi connectivity index (χ0n) is 12.8. The van der Waals surface area contributed by atoms with E-state index in [0.717, 1.165) is 37.3 Å². The van der Waals surface area contributed by atoms with Crippen molar-refractivity contribution in [2.75, 3.05) is 31.1 Å². The Morgan fingerprint density at radius 2 is 2.10 bits per heavy atom. The highest BCUT2D eigenvalue weighted by atomic mass is 15.2. The van der Waals surface area contributed by atoms with Gasteiger partial charge in [0.2, 0.25) is 0 Å². The van der Waals surface area contributed by atoms with E-state index in [4.69, 9.17) is 11.1 Å². The first-order valence-electron chi connectivity index (χ1n) is 7.50. The molecule has 0 bridgehead atoms. The van der Waals surface area contributed by atoms with Crippen molar-refractivity contribution in [3.8, 4) is 0 Å². The number of nitrogens with two attached hydrogens (primary N) is 1. The molecule has 1 aliphatic heterocycles. The summed E-state index contributed by atoms with van der Waals surface area (Å²) in [4.78, 5) is 4.98. The SMILES string of the molecule is CCN(CC)C1CCN(c2ccc(C(=N)N)c(C)c2)C1. The number of hydrogen-bond donors (Lipinski definition) is 2. The third-order valence-electron chi connectivity index (χ3n) is 4.36. The molecule has 0 aliphatic carbocycles. The molecule has 1 unspecified atom stereocenters. The average Bonchev–Trinajstić information content (AvgIpc) is 2.89. The fraction of sp³-hybridized carbons (Fsp3) is 0.562. The standard InChI is InChI=1S/C16H26N4/c1-4-19(5-2)14-8-9-20(11-14)13-6-7-15(16(17)18)12(3)10-13/h6-7,10,14H,4-5,8-9,11H2,1-3H3,(H3,17,18). The van der Waals surface area contributed by atoms with Crippen LogP contribution in [0.25, 0.3) is 0 Å². The number of likely N-dealkylation sites (N-methyl/N-ethyl adjacent to an activating group) is 1. The summed E-state index contributed by atoms with van der Waals surface area (Å²) in [5.74, 6) is 0.150. The van der Waals surface area contributed by atoms with Gasteiger partial charge in [-0.1, -0.05) is 13.8 Å². The number of hydrogen-bond acceptors (Lipinski definition) is 3. The van der Waals surface area contributed by atoms with Crippen molar-refractivity contribution in [1.82, 2.24) is 4.90 Å². The topological polar surface area (TPSA) is 56.4 Å². The van der Waals surface area contributed by atoms with Crippen LogP contribution in [0.4, 0.5) is 5.69 Å². The van der Waals surface area contributed by atoms with Crippen LogP contribution in [0.5, 0.6) is 0 Å². The highest BCUT2D eigenvalue weighted by Gasteiger charge is 2.26. The Balaban J connectivity index is 2.10. The van der Waals surface area contributed by atoms with Gasteiger partial charge < -0.3 is 10.6 Å². The molecule has 0 radical (unpaired) electrons. The second-order valence-corrected chi connectivity index (χ2v) is 5.52. The van der Waals surface area contributed by atoms with E-state index in [1.54, 1.807) is 0 Å². The summed E-state index contributed by atoms with van der Waals surface area (Å²) in [6.45, 7) is 10.9. The number of nitrogens with zero attached hydrogens (tertiary/aromatic N) is 2. The number of nitrogens with one attached hydrogen (secondary N) is 1. The van der Waals surface area contributed by atoms with E-state index in [2.05, 4.69) is 35.8 Å². The molecule has 0 amide bonds. The predicted octanol–water partition coefficient (Wildman–Crippen LogP) is 2.20. The van der Waals surface area contributed by atoms with Crippen molar-refractivity contribution in [2.45, 2.75) is 33.2 Å². The number of aryl methyl sites for hydroxylation is 1. The number of nitrogen functional groups attached to an aromatic ring is 1. The minimum absolute atomic E-state index is 0.150. The molecule has 3 N–H and O–H groups in total. The second kappa shape index (κ2) is 6.27. The number of anilines is 1. The Kier molecular flexibility index (Phi) is 4.65. The molecule has 1 saturated heterocycles. The summed E-state index contributed by atoms with van der Waals surface area (Å²) in [6.07, 6.45) is 1.23. The summed E-state index contributed by atoms with van der Waals surface area (Å²) < 4.78 is 0. The highest BCUT2D eigenvalue weighted by molar-refractivity contribution is 5.96. The lowest BCUT2D eigenvalue weighted by molar-refractivity contribution is 0.232. The zero-order chi connectivity index (χ0) is 14.7. The lowest BCUT2D eigenvalue weighted by Crippen LogP contribution is -2.37. The van der Waals surface area contributed by atoms with E-state index in [0.29, 0.717) is 6.04 Å². The van der Waals surface area contributed by atoms with Crippen LogP contribution in [0.3, 0.4) is 0 Å². The van der Waals surface area contributed by atoms with Crippen LogP contribution in [-0.4, -0.2) is 43.0 Å². The van der Waals surface area contributed by atoms with E-state index >= 15 is 0 Å². The minimum atomic E-state index is 0.150. The molecule has 0 spiro atoms. The van der Waals surface area contributed by atoms with E-state index in [1.807, 2.05) is 13.0 Å². The van der Waals surface area contributed by atoms with E-state index < -0.39 is 0 Å². The molecule has 1 aliphatic rings. The minimum Gasteiger partial charge on any atom is -0.384 e. The molecular weight excluding hydrogens is 248 g/mol. The Morgan fingerprint density at radius 3 is 2.65 bits per heavy atom. The van der Waals surface area contributed by atoms with Gasteiger partial charge >= 0.3 is 0 Å². The Hall–Kier alpha value is -1.55. The fourth-order valence-electron chi connectivity index (χ4n) is 3.16. The van der Waals surface area contributed by atoms with E-state index in [9.17, 15) is 0 Å².